The molecule has 0 bridgehead atoms. The minimum absolute atomic E-state index is 0. The number of pyridine rings is 1. The highest BCUT2D eigenvalue weighted by Gasteiger charge is 2.22. The zero-order chi connectivity index (χ0) is 19.2. The molecule has 2 aromatic rings. The Balaban J connectivity index is 0.00000240. The lowest BCUT2D eigenvalue weighted by atomic mass is 10.1. The second-order valence-electron chi connectivity index (χ2n) is 7.43. The van der Waals surface area contributed by atoms with Crippen molar-refractivity contribution < 1.29 is 4.74 Å². The number of aliphatic imine (C=N–C) groups is 1. The molecule has 1 atom stereocenters. The summed E-state index contributed by atoms with van der Waals surface area (Å²) in [6.45, 7) is 3.66. The van der Waals surface area contributed by atoms with Crippen LogP contribution in [-0.2, 0) is 13.0 Å². The topological polar surface area (TPSA) is 61.8 Å². The first-order chi connectivity index (χ1) is 13.8. The molecule has 2 aliphatic rings. The third-order valence-corrected chi connectivity index (χ3v) is 5.38. The van der Waals surface area contributed by atoms with E-state index in [9.17, 15) is 0 Å². The van der Waals surface area contributed by atoms with Crippen LogP contribution in [0.25, 0.3) is 0 Å². The average molecular weight is 507 g/mol. The van der Waals surface area contributed by atoms with Crippen LogP contribution in [0.4, 0.5) is 5.82 Å². The van der Waals surface area contributed by atoms with Crippen molar-refractivity contribution in [2.24, 2.45) is 4.99 Å². The molecule has 0 amide bonds. The molecule has 0 radical (unpaired) electrons. The average Bonchev–Trinajstić information content (AvgIpc) is 3.18. The van der Waals surface area contributed by atoms with E-state index in [1.165, 1.54) is 30.4 Å². The molecule has 29 heavy (non-hydrogen) atoms. The monoisotopic (exact) mass is 507 g/mol. The van der Waals surface area contributed by atoms with Gasteiger partial charge in [-0.05, 0) is 48.6 Å². The van der Waals surface area contributed by atoms with E-state index >= 15 is 0 Å². The van der Waals surface area contributed by atoms with Crippen molar-refractivity contribution in [2.45, 2.75) is 38.3 Å². The summed E-state index contributed by atoms with van der Waals surface area (Å²) in [6.07, 6.45) is 6.82. The molecule has 1 unspecified atom stereocenters. The fraction of sp³-hybridized carbons (Fsp3) is 0.455. The molecular formula is C22H30IN5O. The van der Waals surface area contributed by atoms with E-state index in [4.69, 9.17) is 4.74 Å². The van der Waals surface area contributed by atoms with Crippen molar-refractivity contribution >= 4 is 35.8 Å². The highest BCUT2D eigenvalue weighted by Crippen LogP contribution is 2.27. The molecule has 2 aliphatic heterocycles. The molecule has 1 aromatic carbocycles. The fourth-order valence-corrected chi connectivity index (χ4v) is 3.85. The SMILES string of the molecule is CN=C(NCc1ccnc(N2CCCCC2)c1)NCC1Cc2ccccc2O1.I. The van der Waals surface area contributed by atoms with E-state index in [1.54, 1.807) is 7.05 Å². The third-order valence-electron chi connectivity index (χ3n) is 5.38. The molecule has 0 spiro atoms. The summed E-state index contributed by atoms with van der Waals surface area (Å²) >= 11 is 0. The van der Waals surface area contributed by atoms with Gasteiger partial charge in [0.05, 0.1) is 6.54 Å². The highest BCUT2D eigenvalue weighted by atomic mass is 127. The first-order valence-corrected chi connectivity index (χ1v) is 10.2. The number of piperidine rings is 1. The lowest BCUT2D eigenvalue weighted by Gasteiger charge is -2.28. The van der Waals surface area contributed by atoms with Crippen LogP contribution in [0.5, 0.6) is 5.75 Å². The Kier molecular flexibility index (Phi) is 7.97. The number of nitrogens with one attached hydrogen (secondary N) is 2. The fourth-order valence-electron chi connectivity index (χ4n) is 3.85. The Morgan fingerprint density at radius 1 is 1.17 bits per heavy atom. The van der Waals surface area contributed by atoms with Gasteiger partial charge in [-0.15, -0.1) is 24.0 Å². The third kappa shape index (κ3) is 5.74. The van der Waals surface area contributed by atoms with E-state index in [2.05, 4.69) is 49.8 Å². The van der Waals surface area contributed by atoms with Crippen LogP contribution in [0.3, 0.4) is 0 Å². The van der Waals surface area contributed by atoms with Gasteiger partial charge < -0.3 is 20.3 Å². The molecule has 3 heterocycles. The van der Waals surface area contributed by atoms with E-state index in [0.29, 0.717) is 0 Å². The number of guanidine groups is 1. The summed E-state index contributed by atoms with van der Waals surface area (Å²) in [7, 11) is 1.80. The predicted molar refractivity (Wildman–Crippen MR) is 128 cm³/mol. The molecule has 0 saturated carbocycles. The summed E-state index contributed by atoms with van der Waals surface area (Å²) in [4.78, 5) is 11.3. The maximum atomic E-state index is 5.99. The smallest absolute Gasteiger partial charge is 0.191 e. The summed E-state index contributed by atoms with van der Waals surface area (Å²) in [5.41, 5.74) is 2.49. The zero-order valence-corrected chi connectivity index (χ0v) is 19.3. The Morgan fingerprint density at radius 2 is 2.00 bits per heavy atom. The van der Waals surface area contributed by atoms with Crippen LogP contribution < -0.4 is 20.3 Å². The van der Waals surface area contributed by atoms with Crippen LogP contribution in [0.15, 0.2) is 47.6 Å². The predicted octanol–water partition coefficient (Wildman–Crippen LogP) is 3.36. The van der Waals surface area contributed by atoms with Crippen LogP contribution in [0.1, 0.15) is 30.4 Å². The number of hydrogen-bond acceptors (Lipinski definition) is 4. The first-order valence-electron chi connectivity index (χ1n) is 10.2. The molecular weight excluding hydrogens is 477 g/mol. The van der Waals surface area contributed by atoms with Gasteiger partial charge in [0.15, 0.2) is 5.96 Å². The number of para-hydroxylation sites is 1. The summed E-state index contributed by atoms with van der Waals surface area (Å²) in [6, 6.07) is 12.5. The largest absolute Gasteiger partial charge is 0.488 e. The van der Waals surface area contributed by atoms with Gasteiger partial charge in [-0.25, -0.2) is 4.98 Å². The number of fused-ring (bicyclic) bond motifs is 1. The first kappa shape index (κ1) is 21.7. The number of hydrogen-bond donors (Lipinski definition) is 2. The summed E-state index contributed by atoms with van der Waals surface area (Å²) in [5.74, 6) is 2.87. The Labute approximate surface area is 190 Å². The number of benzene rings is 1. The minimum Gasteiger partial charge on any atom is -0.488 e. The zero-order valence-electron chi connectivity index (χ0n) is 16.9. The van der Waals surface area contributed by atoms with Crippen LogP contribution >= 0.6 is 24.0 Å². The molecule has 4 rings (SSSR count). The molecule has 7 heteroatoms. The maximum Gasteiger partial charge on any atom is 0.191 e. The van der Waals surface area contributed by atoms with Crippen molar-refractivity contribution in [2.75, 3.05) is 31.6 Å². The van der Waals surface area contributed by atoms with Gasteiger partial charge in [-0.2, -0.15) is 0 Å². The van der Waals surface area contributed by atoms with Crippen molar-refractivity contribution in [3.63, 3.8) is 0 Å². The van der Waals surface area contributed by atoms with Crippen molar-refractivity contribution in [3.05, 3.63) is 53.7 Å². The van der Waals surface area contributed by atoms with Gasteiger partial charge >= 0.3 is 0 Å². The van der Waals surface area contributed by atoms with Crippen LogP contribution in [0.2, 0.25) is 0 Å². The standard InChI is InChI=1S/C22H29N5O.HI/c1-23-22(26-16-19-14-18-7-3-4-8-20(18)28-19)25-15-17-9-10-24-21(13-17)27-11-5-2-6-12-27;/h3-4,7-10,13,19H,2,5-6,11-12,14-16H2,1H3,(H2,23,25,26);1H. The van der Waals surface area contributed by atoms with Gasteiger partial charge in [0.25, 0.3) is 0 Å². The molecule has 6 nitrogen and oxygen atoms in total. The summed E-state index contributed by atoms with van der Waals surface area (Å²) in [5, 5.41) is 6.78. The number of rotatable bonds is 5. The quantitative estimate of drug-likeness (QED) is 0.370. The molecule has 1 aromatic heterocycles. The number of anilines is 1. The van der Waals surface area contributed by atoms with Gasteiger partial charge in [-0.3, -0.25) is 4.99 Å². The Bertz CT molecular complexity index is 797. The second kappa shape index (κ2) is 10.7. The van der Waals surface area contributed by atoms with Crippen molar-refractivity contribution in [3.8, 4) is 5.75 Å². The van der Waals surface area contributed by atoms with E-state index in [0.717, 1.165) is 50.1 Å². The van der Waals surface area contributed by atoms with E-state index in [1.807, 2.05) is 18.3 Å². The van der Waals surface area contributed by atoms with Gasteiger partial charge in [0, 0.05) is 39.3 Å². The molecule has 0 aliphatic carbocycles. The van der Waals surface area contributed by atoms with Crippen molar-refractivity contribution in [1.29, 1.82) is 0 Å². The number of halogens is 1. The lowest BCUT2D eigenvalue weighted by Crippen LogP contribution is -2.42. The van der Waals surface area contributed by atoms with E-state index in [-0.39, 0.29) is 30.1 Å². The van der Waals surface area contributed by atoms with Crippen LogP contribution in [-0.4, -0.2) is 43.7 Å². The molecule has 2 N–H and O–H groups in total. The molecule has 1 fully saturated rings. The maximum absolute atomic E-state index is 5.99. The summed E-state index contributed by atoms with van der Waals surface area (Å²) < 4.78 is 5.99. The number of aromatic nitrogens is 1. The number of nitrogens with zero attached hydrogens (tertiary/aromatic N) is 3. The highest BCUT2D eigenvalue weighted by molar-refractivity contribution is 14.0. The molecule has 1 saturated heterocycles. The second-order valence-corrected chi connectivity index (χ2v) is 7.43. The van der Waals surface area contributed by atoms with Crippen LogP contribution in [0, 0.1) is 0 Å². The lowest BCUT2D eigenvalue weighted by molar-refractivity contribution is 0.235. The molecule has 156 valence electrons. The van der Waals surface area contributed by atoms with Gasteiger partial charge in [0.1, 0.15) is 17.7 Å². The van der Waals surface area contributed by atoms with Gasteiger partial charge in [-0.1, -0.05) is 18.2 Å². The Morgan fingerprint density at radius 3 is 2.79 bits per heavy atom. The van der Waals surface area contributed by atoms with Crippen molar-refractivity contribution in [1.82, 2.24) is 15.6 Å². The minimum atomic E-state index is 0. The Hall–Kier alpha value is -2.03. The van der Waals surface area contributed by atoms with Gasteiger partial charge in [0.2, 0.25) is 0 Å². The number of ether oxygens (including phenoxy) is 1. The normalized spacial score (nSPS) is 18.4. The van der Waals surface area contributed by atoms with E-state index < -0.39 is 0 Å².